The Morgan fingerprint density at radius 3 is 2.40 bits per heavy atom. The fraction of sp³-hybridized carbons (Fsp3) is 0.333. The monoisotopic (exact) mass is 423 g/mol. The van der Waals surface area contributed by atoms with Crippen molar-refractivity contribution in [2.75, 3.05) is 20.6 Å². The van der Waals surface area contributed by atoms with Crippen molar-refractivity contribution in [3.8, 4) is 0 Å². The number of benzene rings is 1. The van der Waals surface area contributed by atoms with Crippen LogP contribution in [0.2, 0.25) is 0 Å². The van der Waals surface area contributed by atoms with Crippen LogP contribution in [0, 0.1) is 0 Å². The molecule has 1 aromatic heterocycles. The van der Waals surface area contributed by atoms with E-state index in [1.54, 1.807) is 35.2 Å². The zero-order chi connectivity index (χ0) is 18.2. The van der Waals surface area contributed by atoms with Crippen molar-refractivity contribution in [3.63, 3.8) is 0 Å². The Labute approximate surface area is 160 Å². The summed E-state index contributed by atoms with van der Waals surface area (Å²) in [5.74, 6) is 0.00975. The van der Waals surface area contributed by atoms with Gasteiger partial charge >= 0.3 is 6.03 Å². The minimum Gasteiger partial charge on any atom is -0.341 e. The highest BCUT2D eigenvalue weighted by Gasteiger charge is 2.12. The SMILES string of the molecule is CN(Cc1ccc(Br)s1)C(=O)CCNC(=O)N(C)Cc1ccccc1. The first-order valence-corrected chi connectivity index (χ1v) is 9.57. The van der Waals surface area contributed by atoms with Crippen molar-refractivity contribution in [3.05, 3.63) is 56.7 Å². The summed E-state index contributed by atoms with van der Waals surface area (Å²) in [6.07, 6.45) is 0.286. The summed E-state index contributed by atoms with van der Waals surface area (Å²) < 4.78 is 1.05. The summed E-state index contributed by atoms with van der Waals surface area (Å²) in [5, 5.41) is 2.79. The second-order valence-corrected chi connectivity index (χ2v) is 8.33. The molecule has 1 N–H and O–H groups in total. The second kappa shape index (κ2) is 9.58. The molecule has 0 unspecified atom stereocenters. The standard InChI is InChI=1S/C18H22BrN3O2S/c1-21(13-15-8-9-16(19)25-15)17(23)10-11-20-18(24)22(2)12-14-6-4-3-5-7-14/h3-9H,10-13H2,1-2H3,(H,20,24). The number of nitrogens with one attached hydrogen (secondary N) is 1. The average molecular weight is 424 g/mol. The van der Waals surface area contributed by atoms with Crippen LogP contribution < -0.4 is 5.32 Å². The molecule has 0 atom stereocenters. The highest BCUT2D eigenvalue weighted by Crippen LogP contribution is 2.23. The molecule has 0 fully saturated rings. The van der Waals surface area contributed by atoms with Gasteiger partial charge in [-0.2, -0.15) is 0 Å². The third-order valence-corrected chi connectivity index (χ3v) is 5.28. The number of halogens is 1. The van der Waals surface area contributed by atoms with Crippen LogP contribution in [0.1, 0.15) is 16.9 Å². The van der Waals surface area contributed by atoms with Gasteiger partial charge in [-0.05, 0) is 33.6 Å². The molecule has 0 aliphatic heterocycles. The molecule has 2 aromatic rings. The van der Waals surface area contributed by atoms with Crippen molar-refractivity contribution in [2.45, 2.75) is 19.5 Å². The normalized spacial score (nSPS) is 10.4. The van der Waals surface area contributed by atoms with Crippen LogP contribution in [-0.2, 0) is 17.9 Å². The van der Waals surface area contributed by atoms with E-state index in [4.69, 9.17) is 0 Å². The van der Waals surface area contributed by atoms with E-state index in [1.807, 2.05) is 42.5 Å². The zero-order valence-electron chi connectivity index (χ0n) is 14.4. The molecule has 0 aliphatic rings. The smallest absolute Gasteiger partial charge is 0.317 e. The molecule has 0 spiro atoms. The molecule has 3 amide bonds. The highest BCUT2D eigenvalue weighted by atomic mass is 79.9. The van der Waals surface area contributed by atoms with Gasteiger partial charge in [0.25, 0.3) is 0 Å². The first-order chi connectivity index (χ1) is 12.0. The van der Waals surface area contributed by atoms with Crippen LogP contribution in [-0.4, -0.2) is 42.4 Å². The van der Waals surface area contributed by atoms with Crippen molar-refractivity contribution >= 4 is 39.2 Å². The van der Waals surface area contributed by atoms with Gasteiger partial charge in [-0.15, -0.1) is 11.3 Å². The maximum Gasteiger partial charge on any atom is 0.317 e. The molecule has 134 valence electrons. The van der Waals surface area contributed by atoms with Crippen molar-refractivity contribution in [1.82, 2.24) is 15.1 Å². The summed E-state index contributed by atoms with van der Waals surface area (Å²) in [6.45, 7) is 1.44. The number of urea groups is 1. The van der Waals surface area contributed by atoms with Crippen molar-refractivity contribution in [1.29, 1.82) is 0 Å². The third-order valence-electron chi connectivity index (χ3n) is 3.67. The van der Waals surface area contributed by atoms with E-state index < -0.39 is 0 Å². The summed E-state index contributed by atoms with van der Waals surface area (Å²) in [5.41, 5.74) is 1.07. The van der Waals surface area contributed by atoms with Crippen LogP contribution in [0.25, 0.3) is 0 Å². The molecule has 1 heterocycles. The number of hydrogen-bond donors (Lipinski definition) is 1. The Kier molecular flexibility index (Phi) is 7.46. The predicted octanol–water partition coefficient (Wildman–Crippen LogP) is 3.70. The van der Waals surface area contributed by atoms with Gasteiger partial charge in [-0.25, -0.2) is 4.79 Å². The second-order valence-electron chi connectivity index (χ2n) is 5.78. The first kappa shape index (κ1) is 19.5. The number of nitrogens with zero attached hydrogens (tertiary/aromatic N) is 2. The lowest BCUT2D eigenvalue weighted by Crippen LogP contribution is -2.39. The minimum atomic E-state index is -0.179. The van der Waals surface area contributed by atoms with Crippen LogP contribution >= 0.6 is 27.3 Å². The molecule has 2 rings (SSSR count). The van der Waals surface area contributed by atoms with Gasteiger partial charge in [0.15, 0.2) is 0 Å². The first-order valence-electron chi connectivity index (χ1n) is 7.97. The van der Waals surface area contributed by atoms with E-state index in [0.717, 1.165) is 14.2 Å². The molecular formula is C18H22BrN3O2S. The quantitative estimate of drug-likeness (QED) is 0.737. The van der Waals surface area contributed by atoms with E-state index in [0.29, 0.717) is 19.6 Å². The lowest BCUT2D eigenvalue weighted by molar-refractivity contribution is -0.130. The van der Waals surface area contributed by atoms with Crippen LogP contribution in [0.5, 0.6) is 0 Å². The van der Waals surface area contributed by atoms with Gasteiger partial charge in [0.1, 0.15) is 0 Å². The zero-order valence-corrected chi connectivity index (χ0v) is 16.8. The number of hydrogen-bond acceptors (Lipinski definition) is 3. The van der Waals surface area contributed by atoms with Crippen molar-refractivity contribution < 1.29 is 9.59 Å². The van der Waals surface area contributed by atoms with E-state index in [-0.39, 0.29) is 18.4 Å². The van der Waals surface area contributed by atoms with Crippen LogP contribution in [0.15, 0.2) is 46.3 Å². The van der Waals surface area contributed by atoms with Gasteiger partial charge in [-0.3, -0.25) is 4.79 Å². The summed E-state index contributed by atoms with van der Waals surface area (Å²) in [7, 11) is 3.52. The van der Waals surface area contributed by atoms with E-state index >= 15 is 0 Å². The van der Waals surface area contributed by atoms with Gasteiger partial charge in [0.05, 0.1) is 10.3 Å². The fourth-order valence-corrected chi connectivity index (χ4v) is 3.83. The Balaban J connectivity index is 1.70. The number of rotatable bonds is 7. The highest BCUT2D eigenvalue weighted by molar-refractivity contribution is 9.11. The predicted molar refractivity (Wildman–Crippen MR) is 104 cm³/mol. The molecule has 0 radical (unpaired) electrons. The largest absolute Gasteiger partial charge is 0.341 e. The van der Waals surface area contributed by atoms with E-state index in [1.165, 1.54) is 0 Å². The summed E-state index contributed by atoms with van der Waals surface area (Å²) >= 11 is 5.03. The lowest BCUT2D eigenvalue weighted by Gasteiger charge is -2.19. The Morgan fingerprint density at radius 2 is 1.76 bits per heavy atom. The summed E-state index contributed by atoms with van der Waals surface area (Å²) in [6, 6.07) is 13.6. The van der Waals surface area contributed by atoms with Gasteiger partial charge in [-0.1, -0.05) is 30.3 Å². The number of carbonyl (C=O) groups is 2. The molecule has 0 bridgehead atoms. The van der Waals surface area contributed by atoms with Crippen LogP contribution in [0.4, 0.5) is 4.79 Å². The maximum absolute atomic E-state index is 12.2. The third kappa shape index (κ3) is 6.51. The number of amides is 3. The Morgan fingerprint density at radius 1 is 1.04 bits per heavy atom. The van der Waals surface area contributed by atoms with Gasteiger partial charge < -0.3 is 15.1 Å². The lowest BCUT2D eigenvalue weighted by atomic mass is 10.2. The number of thiophene rings is 1. The summed E-state index contributed by atoms with van der Waals surface area (Å²) in [4.78, 5) is 28.6. The van der Waals surface area contributed by atoms with Crippen molar-refractivity contribution in [2.24, 2.45) is 0 Å². The minimum absolute atomic E-state index is 0.00975. The van der Waals surface area contributed by atoms with Gasteiger partial charge in [0, 0.05) is 38.5 Å². The molecule has 5 nitrogen and oxygen atoms in total. The molecule has 7 heteroatoms. The number of carbonyl (C=O) groups excluding carboxylic acids is 2. The van der Waals surface area contributed by atoms with E-state index in [2.05, 4.69) is 21.2 Å². The molecule has 1 aromatic carbocycles. The topological polar surface area (TPSA) is 52.7 Å². The molecule has 0 aliphatic carbocycles. The molecular weight excluding hydrogens is 402 g/mol. The fourth-order valence-electron chi connectivity index (χ4n) is 2.29. The Bertz CT molecular complexity index is 705. The Hall–Kier alpha value is -1.86. The molecule has 0 saturated carbocycles. The molecule has 0 saturated heterocycles. The maximum atomic E-state index is 12.2. The molecule has 25 heavy (non-hydrogen) atoms. The van der Waals surface area contributed by atoms with E-state index in [9.17, 15) is 9.59 Å². The average Bonchev–Trinajstić information content (AvgIpc) is 3.00. The van der Waals surface area contributed by atoms with Crippen LogP contribution in [0.3, 0.4) is 0 Å². The van der Waals surface area contributed by atoms with Gasteiger partial charge in [0.2, 0.25) is 5.91 Å².